The maximum absolute atomic E-state index is 4.37. The predicted octanol–water partition coefficient (Wildman–Crippen LogP) is 1.28. The van der Waals surface area contributed by atoms with Crippen LogP contribution in [-0.4, -0.2) is 26.1 Å². The minimum Gasteiger partial charge on any atom is -0.308 e. The van der Waals surface area contributed by atoms with Gasteiger partial charge in [-0.3, -0.25) is 9.36 Å². The molecule has 5 heteroatoms. The summed E-state index contributed by atoms with van der Waals surface area (Å²) in [6.07, 6.45) is 9.44. The van der Waals surface area contributed by atoms with Crippen molar-refractivity contribution in [1.82, 2.24) is 24.9 Å². The largest absolute Gasteiger partial charge is 0.308 e. The predicted molar refractivity (Wildman–Crippen MR) is 69.1 cm³/mol. The second-order valence-electron chi connectivity index (χ2n) is 4.84. The van der Waals surface area contributed by atoms with E-state index in [1.807, 2.05) is 41.1 Å². The van der Waals surface area contributed by atoms with Gasteiger partial charge in [0.25, 0.3) is 0 Å². The van der Waals surface area contributed by atoms with E-state index in [1.54, 1.807) is 0 Å². The molecule has 0 fully saturated rings. The zero-order valence-electron chi connectivity index (χ0n) is 10.7. The number of rotatable bonds is 4. The van der Waals surface area contributed by atoms with Gasteiger partial charge in [0.1, 0.15) is 0 Å². The van der Waals surface area contributed by atoms with Crippen LogP contribution in [0.25, 0.3) is 0 Å². The van der Waals surface area contributed by atoms with Gasteiger partial charge in [0, 0.05) is 43.3 Å². The lowest BCUT2D eigenvalue weighted by molar-refractivity contribution is 0.432. The van der Waals surface area contributed by atoms with Gasteiger partial charge in [-0.05, 0) is 25.3 Å². The van der Waals surface area contributed by atoms with Crippen molar-refractivity contribution in [2.24, 2.45) is 7.05 Å². The SMILES string of the molecule is Cn1ncc2c1CCCC2NCCn1cccn1. The Bertz CT molecular complexity index is 499. The van der Waals surface area contributed by atoms with E-state index in [-0.39, 0.29) is 0 Å². The van der Waals surface area contributed by atoms with Gasteiger partial charge >= 0.3 is 0 Å². The molecule has 0 aliphatic heterocycles. The molecule has 1 aliphatic rings. The third-order valence-electron chi connectivity index (χ3n) is 3.67. The van der Waals surface area contributed by atoms with Crippen molar-refractivity contribution in [3.63, 3.8) is 0 Å². The molecule has 1 unspecified atom stereocenters. The molecule has 0 saturated heterocycles. The first-order valence-electron chi connectivity index (χ1n) is 6.56. The van der Waals surface area contributed by atoms with Crippen LogP contribution in [0.2, 0.25) is 0 Å². The Kier molecular flexibility index (Phi) is 3.15. The molecule has 0 bridgehead atoms. The van der Waals surface area contributed by atoms with Crippen LogP contribution in [0.15, 0.2) is 24.7 Å². The van der Waals surface area contributed by atoms with Gasteiger partial charge in [0.2, 0.25) is 0 Å². The maximum Gasteiger partial charge on any atom is 0.0540 e. The molecule has 5 nitrogen and oxygen atoms in total. The van der Waals surface area contributed by atoms with Crippen molar-refractivity contribution in [3.8, 4) is 0 Å². The smallest absolute Gasteiger partial charge is 0.0540 e. The van der Waals surface area contributed by atoms with Crippen molar-refractivity contribution in [1.29, 1.82) is 0 Å². The summed E-state index contributed by atoms with van der Waals surface area (Å²) < 4.78 is 3.97. The van der Waals surface area contributed by atoms with Crippen LogP contribution in [0.5, 0.6) is 0 Å². The Labute approximate surface area is 107 Å². The normalized spacial score (nSPS) is 18.8. The quantitative estimate of drug-likeness (QED) is 0.883. The van der Waals surface area contributed by atoms with Crippen LogP contribution < -0.4 is 5.32 Å². The standard InChI is InChI=1S/C13H19N5/c1-17-13-5-2-4-12(11(13)10-16-17)14-7-9-18-8-3-6-15-18/h3,6,8,10,12,14H,2,4-5,7,9H2,1H3. The molecule has 0 radical (unpaired) electrons. The van der Waals surface area contributed by atoms with Crippen LogP contribution in [0, 0.1) is 0 Å². The zero-order chi connectivity index (χ0) is 12.4. The monoisotopic (exact) mass is 245 g/mol. The maximum atomic E-state index is 4.37. The van der Waals surface area contributed by atoms with E-state index < -0.39 is 0 Å². The van der Waals surface area contributed by atoms with Crippen molar-refractivity contribution < 1.29 is 0 Å². The van der Waals surface area contributed by atoms with Gasteiger partial charge in [-0.1, -0.05) is 0 Å². The fraction of sp³-hybridized carbons (Fsp3) is 0.538. The van der Waals surface area contributed by atoms with Crippen molar-refractivity contribution in [3.05, 3.63) is 35.9 Å². The van der Waals surface area contributed by atoms with Gasteiger partial charge in [0.15, 0.2) is 0 Å². The molecule has 3 rings (SSSR count). The van der Waals surface area contributed by atoms with Crippen molar-refractivity contribution >= 4 is 0 Å². The number of nitrogens with zero attached hydrogens (tertiary/aromatic N) is 4. The Morgan fingerprint density at radius 2 is 2.39 bits per heavy atom. The molecule has 1 atom stereocenters. The second-order valence-corrected chi connectivity index (χ2v) is 4.84. The second kappa shape index (κ2) is 4.94. The summed E-state index contributed by atoms with van der Waals surface area (Å²) in [4.78, 5) is 0. The molecular formula is C13H19N5. The van der Waals surface area contributed by atoms with Crippen molar-refractivity contribution in [2.45, 2.75) is 31.8 Å². The summed E-state index contributed by atoms with van der Waals surface area (Å²) >= 11 is 0. The van der Waals surface area contributed by atoms with E-state index in [4.69, 9.17) is 0 Å². The topological polar surface area (TPSA) is 47.7 Å². The van der Waals surface area contributed by atoms with Crippen LogP contribution in [0.3, 0.4) is 0 Å². The number of aromatic nitrogens is 4. The Balaban J connectivity index is 1.60. The van der Waals surface area contributed by atoms with Gasteiger partial charge < -0.3 is 5.32 Å². The Morgan fingerprint density at radius 3 is 3.22 bits per heavy atom. The third-order valence-corrected chi connectivity index (χ3v) is 3.67. The fourth-order valence-electron chi connectivity index (χ4n) is 2.70. The lowest BCUT2D eigenvalue weighted by Gasteiger charge is -2.23. The average molecular weight is 245 g/mol. The first-order valence-corrected chi connectivity index (χ1v) is 6.56. The minimum atomic E-state index is 0.456. The molecule has 96 valence electrons. The molecule has 0 amide bonds. The molecule has 0 spiro atoms. The molecule has 0 saturated carbocycles. The molecule has 2 aromatic rings. The lowest BCUT2D eigenvalue weighted by Crippen LogP contribution is -2.28. The zero-order valence-corrected chi connectivity index (χ0v) is 10.7. The summed E-state index contributed by atoms with van der Waals surface area (Å²) in [5.41, 5.74) is 2.77. The Morgan fingerprint density at radius 1 is 1.44 bits per heavy atom. The average Bonchev–Trinajstić information content (AvgIpc) is 3.01. The minimum absolute atomic E-state index is 0.456. The number of aryl methyl sites for hydroxylation is 1. The first kappa shape index (κ1) is 11.5. The lowest BCUT2D eigenvalue weighted by atomic mass is 9.93. The van der Waals surface area contributed by atoms with E-state index in [0.717, 1.165) is 19.5 Å². The summed E-state index contributed by atoms with van der Waals surface area (Å²) in [5, 5.41) is 12.2. The van der Waals surface area contributed by atoms with Crippen LogP contribution >= 0.6 is 0 Å². The summed E-state index contributed by atoms with van der Waals surface area (Å²) in [7, 11) is 2.03. The highest BCUT2D eigenvalue weighted by Gasteiger charge is 2.22. The fourth-order valence-corrected chi connectivity index (χ4v) is 2.70. The summed E-state index contributed by atoms with van der Waals surface area (Å²) in [6, 6.07) is 2.41. The van der Waals surface area contributed by atoms with Crippen molar-refractivity contribution in [2.75, 3.05) is 6.54 Å². The summed E-state index contributed by atoms with van der Waals surface area (Å²) in [6.45, 7) is 1.86. The van der Waals surface area contributed by atoms with Gasteiger partial charge in [-0.15, -0.1) is 0 Å². The molecule has 18 heavy (non-hydrogen) atoms. The summed E-state index contributed by atoms with van der Waals surface area (Å²) in [5.74, 6) is 0. The highest BCUT2D eigenvalue weighted by atomic mass is 15.3. The van der Waals surface area contributed by atoms with Gasteiger partial charge in [-0.2, -0.15) is 10.2 Å². The highest BCUT2D eigenvalue weighted by Crippen LogP contribution is 2.28. The third kappa shape index (κ3) is 2.18. The molecular weight excluding hydrogens is 226 g/mol. The first-order chi connectivity index (χ1) is 8.84. The van der Waals surface area contributed by atoms with Crippen LogP contribution in [0.4, 0.5) is 0 Å². The van der Waals surface area contributed by atoms with E-state index in [9.17, 15) is 0 Å². The number of hydrogen-bond acceptors (Lipinski definition) is 3. The van der Waals surface area contributed by atoms with E-state index in [1.165, 1.54) is 24.1 Å². The van der Waals surface area contributed by atoms with Crippen LogP contribution in [0.1, 0.15) is 30.1 Å². The van der Waals surface area contributed by atoms with Gasteiger partial charge in [-0.25, -0.2) is 0 Å². The molecule has 1 N–H and O–H groups in total. The number of fused-ring (bicyclic) bond motifs is 1. The van der Waals surface area contributed by atoms with E-state index in [2.05, 4.69) is 15.5 Å². The number of nitrogens with one attached hydrogen (secondary N) is 1. The highest BCUT2D eigenvalue weighted by molar-refractivity contribution is 5.24. The van der Waals surface area contributed by atoms with Crippen LogP contribution in [-0.2, 0) is 20.0 Å². The molecule has 0 aromatic carbocycles. The van der Waals surface area contributed by atoms with E-state index >= 15 is 0 Å². The van der Waals surface area contributed by atoms with Gasteiger partial charge in [0.05, 0.1) is 12.7 Å². The Hall–Kier alpha value is -1.62. The number of hydrogen-bond donors (Lipinski definition) is 1. The molecule has 1 aliphatic carbocycles. The van der Waals surface area contributed by atoms with E-state index in [0.29, 0.717) is 6.04 Å². The molecule has 2 aromatic heterocycles. The molecule has 2 heterocycles.